The number of hydrogen-bond donors (Lipinski definition) is 3. The van der Waals surface area contributed by atoms with Gasteiger partial charge in [-0.15, -0.1) is 12.4 Å². The lowest BCUT2D eigenvalue weighted by atomic mass is 10.0. The highest BCUT2D eigenvalue weighted by Crippen LogP contribution is 2.33. The normalized spacial score (nSPS) is 17.8. The van der Waals surface area contributed by atoms with Gasteiger partial charge in [0.05, 0.1) is 0 Å². The van der Waals surface area contributed by atoms with Crippen LogP contribution in [-0.4, -0.2) is 47.9 Å². The first kappa shape index (κ1) is 16.5. The van der Waals surface area contributed by atoms with Crippen LogP contribution in [0, 0.1) is 0 Å². The lowest BCUT2D eigenvalue weighted by Crippen LogP contribution is -2.45. The van der Waals surface area contributed by atoms with Crippen LogP contribution in [0.5, 0.6) is 5.75 Å². The van der Waals surface area contributed by atoms with Gasteiger partial charge >= 0.3 is 0 Å². The Morgan fingerprint density at radius 2 is 2.00 bits per heavy atom. The fourth-order valence-electron chi connectivity index (χ4n) is 2.44. The summed E-state index contributed by atoms with van der Waals surface area (Å²) in [5.74, 6) is 0.247. The Balaban J connectivity index is 0.00000180. The average molecular weight is 307 g/mol. The number of aliphatic hydroxyl groups excluding tert-OH is 1. The molecule has 0 radical (unpaired) electrons. The summed E-state index contributed by atoms with van der Waals surface area (Å²) >= 11 is 6.00. The Bertz CT molecular complexity index is 398. The van der Waals surface area contributed by atoms with Gasteiger partial charge < -0.3 is 15.5 Å². The molecule has 19 heavy (non-hydrogen) atoms. The largest absolute Gasteiger partial charge is 0.508 e. The number of phenolic OH excluding ortho intramolecular Hbond substituents is 1. The van der Waals surface area contributed by atoms with Crippen molar-refractivity contribution in [2.45, 2.75) is 12.5 Å². The van der Waals surface area contributed by atoms with Gasteiger partial charge in [0, 0.05) is 49.4 Å². The van der Waals surface area contributed by atoms with Crippen molar-refractivity contribution in [2.75, 3.05) is 32.8 Å². The second-order valence-corrected chi connectivity index (χ2v) is 4.95. The Hall–Kier alpha value is -0.520. The molecule has 1 fully saturated rings. The zero-order valence-corrected chi connectivity index (χ0v) is 12.3. The molecule has 1 aliphatic heterocycles. The predicted molar refractivity (Wildman–Crippen MR) is 79.3 cm³/mol. The standard InChI is InChI=1S/C13H19ClN2O2.ClH/c14-10-1-2-13(18)11(9-10)12(3-8-17)16-6-4-15-5-7-16;/h1-2,9,12,15,17-18H,3-8H2;1H/t12-;/m0./s1. The van der Waals surface area contributed by atoms with E-state index in [2.05, 4.69) is 10.2 Å². The highest BCUT2D eigenvalue weighted by Gasteiger charge is 2.24. The molecule has 6 heteroatoms. The zero-order chi connectivity index (χ0) is 13.0. The third-order valence-electron chi connectivity index (χ3n) is 3.34. The van der Waals surface area contributed by atoms with Gasteiger partial charge in [-0.3, -0.25) is 4.90 Å². The van der Waals surface area contributed by atoms with E-state index in [1.807, 2.05) is 0 Å². The molecular formula is C13H20Cl2N2O2. The Morgan fingerprint density at radius 1 is 1.32 bits per heavy atom. The highest BCUT2D eigenvalue weighted by molar-refractivity contribution is 6.30. The number of aliphatic hydroxyl groups is 1. The summed E-state index contributed by atoms with van der Waals surface area (Å²) in [5.41, 5.74) is 0.804. The first-order valence-corrected chi connectivity index (χ1v) is 6.64. The molecule has 1 saturated heterocycles. The second kappa shape index (κ2) is 7.92. The van der Waals surface area contributed by atoms with Crippen LogP contribution >= 0.6 is 24.0 Å². The SMILES string of the molecule is Cl.OCC[C@@H](c1cc(Cl)ccc1O)N1CCNCC1. The third kappa shape index (κ3) is 4.23. The first-order chi connectivity index (χ1) is 8.72. The minimum absolute atomic E-state index is 0. The van der Waals surface area contributed by atoms with E-state index < -0.39 is 0 Å². The molecule has 108 valence electrons. The zero-order valence-electron chi connectivity index (χ0n) is 10.7. The lowest BCUT2D eigenvalue weighted by Gasteiger charge is -2.35. The van der Waals surface area contributed by atoms with Crippen LogP contribution in [-0.2, 0) is 0 Å². The predicted octanol–water partition coefficient (Wildman–Crippen LogP) is 1.80. The van der Waals surface area contributed by atoms with E-state index in [0.717, 1.165) is 31.7 Å². The van der Waals surface area contributed by atoms with Gasteiger partial charge in [0.15, 0.2) is 0 Å². The number of piperazine rings is 1. The second-order valence-electron chi connectivity index (χ2n) is 4.52. The van der Waals surface area contributed by atoms with Crippen molar-refractivity contribution >= 4 is 24.0 Å². The summed E-state index contributed by atoms with van der Waals surface area (Å²) in [6, 6.07) is 5.10. The third-order valence-corrected chi connectivity index (χ3v) is 3.58. The molecule has 1 aliphatic rings. The topological polar surface area (TPSA) is 55.7 Å². The number of halogens is 2. The van der Waals surface area contributed by atoms with Crippen molar-refractivity contribution in [1.82, 2.24) is 10.2 Å². The molecule has 1 aromatic rings. The molecule has 0 aromatic heterocycles. The summed E-state index contributed by atoms with van der Waals surface area (Å²) in [4.78, 5) is 2.28. The molecule has 0 saturated carbocycles. The molecule has 0 amide bonds. The van der Waals surface area contributed by atoms with E-state index in [1.54, 1.807) is 18.2 Å². The van der Waals surface area contributed by atoms with Crippen molar-refractivity contribution in [1.29, 1.82) is 0 Å². The van der Waals surface area contributed by atoms with Gasteiger partial charge in [-0.05, 0) is 24.6 Å². The molecule has 0 spiro atoms. The minimum Gasteiger partial charge on any atom is -0.508 e. The fourth-order valence-corrected chi connectivity index (χ4v) is 2.62. The van der Waals surface area contributed by atoms with E-state index in [-0.39, 0.29) is 30.8 Å². The van der Waals surface area contributed by atoms with Gasteiger partial charge in [-0.25, -0.2) is 0 Å². The first-order valence-electron chi connectivity index (χ1n) is 6.26. The number of rotatable bonds is 4. The van der Waals surface area contributed by atoms with E-state index >= 15 is 0 Å². The molecule has 1 heterocycles. The molecule has 3 N–H and O–H groups in total. The maximum Gasteiger partial charge on any atom is 0.120 e. The number of hydrogen-bond acceptors (Lipinski definition) is 4. The van der Waals surface area contributed by atoms with Crippen LogP contribution < -0.4 is 5.32 Å². The number of nitrogens with zero attached hydrogens (tertiary/aromatic N) is 1. The smallest absolute Gasteiger partial charge is 0.120 e. The van der Waals surface area contributed by atoms with Crippen LogP contribution in [0.25, 0.3) is 0 Å². The van der Waals surface area contributed by atoms with E-state index in [4.69, 9.17) is 11.6 Å². The molecule has 4 nitrogen and oxygen atoms in total. The van der Waals surface area contributed by atoms with Crippen molar-refractivity contribution in [3.05, 3.63) is 28.8 Å². The summed E-state index contributed by atoms with van der Waals surface area (Å²) in [6.45, 7) is 3.79. The molecule has 0 unspecified atom stereocenters. The van der Waals surface area contributed by atoms with Crippen LogP contribution in [0.3, 0.4) is 0 Å². The minimum atomic E-state index is 0. The van der Waals surface area contributed by atoms with Crippen molar-refractivity contribution in [2.24, 2.45) is 0 Å². The Labute approximate surface area is 124 Å². The van der Waals surface area contributed by atoms with Gasteiger partial charge in [0.25, 0.3) is 0 Å². The van der Waals surface area contributed by atoms with Crippen LogP contribution in [0.2, 0.25) is 5.02 Å². The Morgan fingerprint density at radius 3 is 2.63 bits per heavy atom. The van der Waals surface area contributed by atoms with Crippen LogP contribution in [0.15, 0.2) is 18.2 Å². The maximum absolute atomic E-state index is 9.98. The van der Waals surface area contributed by atoms with Crippen molar-refractivity contribution in [3.63, 3.8) is 0 Å². The molecule has 2 rings (SSSR count). The Kier molecular flexibility index (Phi) is 6.89. The monoisotopic (exact) mass is 306 g/mol. The maximum atomic E-state index is 9.98. The van der Waals surface area contributed by atoms with E-state index in [9.17, 15) is 10.2 Å². The van der Waals surface area contributed by atoms with Crippen LogP contribution in [0.1, 0.15) is 18.0 Å². The summed E-state index contributed by atoms with van der Waals surface area (Å²) in [5, 5.41) is 23.1. The van der Waals surface area contributed by atoms with Gasteiger partial charge in [0.2, 0.25) is 0 Å². The van der Waals surface area contributed by atoms with E-state index in [1.165, 1.54) is 0 Å². The molecule has 0 bridgehead atoms. The molecule has 1 aromatic carbocycles. The molecular weight excluding hydrogens is 287 g/mol. The van der Waals surface area contributed by atoms with Gasteiger partial charge in [0.1, 0.15) is 5.75 Å². The number of benzene rings is 1. The van der Waals surface area contributed by atoms with Crippen molar-refractivity contribution in [3.8, 4) is 5.75 Å². The number of nitrogens with one attached hydrogen (secondary N) is 1. The number of aromatic hydroxyl groups is 1. The quantitative estimate of drug-likeness (QED) is 0.794. The average Bonchev–Trinajstić information content (AvgIpc) is 2.40. The van der Waals surface area contributed by atoms with Gasteiger partial charge in [-0.2, -0.15) is 0 Å². The van der Waals surface area contributed by atoms with Crippen LogP contribution in [0.4, 0.5) is 0 Å². The summed E-state index contributed by atoms with van der Waals surface area (Å²) in [6.07, 6.45) is 0.605. The summed E-state index contributed by atoms with van der Waals surface area (Å²) < 4.78 is 0. The molecule has 0 aliphatic carbocycles. The lowest BCUT2D eigenvalue weighted by molar-refractivity contribution is 0.139. The van der Waals surface area contributed by atoms with Crippen molar-refractivity contribution < 1.29 is 10.2 Å². The van der Waals surface area contributed by atoms with E-state index in [0.29, 0.717) is 11.4 Å². The fraction of sp³-hybridized carbons (Fsp3) is 0.538. The summed E-state index contributed by atoms with van der Waals surface area (Å²) in [7, 11) is 0. The number of phenols is 1. The van der Waals surface area contributed by atoms with Gasteiger partial charge in [-0.1, -0.05) is 11.6 Å². The highest BCUT2D eigenvalue weighted by atomic mass is 35.5. The molecule has 1 atom stereocenters.